The van der Waals surface area contributed by atoms with E-state index in [4.69, 9.17) is 4.42 Å². The SMILES string of the molecule is CC(C(=O)NCc1ccc(C(=O)N2CCN(C)CC2)cc1)n1c(=O)oc2ccccc21. The fourth-order valence-electron chi connectivity index (χ4n) is 3.76. The molecule has 0 aliphatic carbocycles. The zero-order valence-electron chi connectivity index (χ0n) is 17.7. The van der Waals surface area contributed by atoms with E-state index in [0.717, 1.165) is 31.7 Å². The van der Waals surface area contributed by atoms with E-state index in [1.54, 1.807) is 43.3 Å². The summed E-state index contributed by atoms with van der Waals surface area (Å²) in [5.41, 5.74) is 2.55. The van der Waals surface area contributed by atoms with Gasteiger partial charge >= 0.3 is 5.76 Å². The molecule has 3 aromatic rings. The summed E-state index contributed by atoms with van der Waals surface area (Å²) in [4.78, 5) is 41.5. The zero-order valence-corrected chi connectivity index (χ0v) is 17.7. The van der Waals surface area contributed by atoms with Crippen LogP contribution in [0.3, 0.4) is 0 Å². The molecule has 31 heavy (non-hydrogen) atoms. The molecule has 0 radical (unpaired) electrons. The number of aromatic nitrogens is 1. The Hall–Kier alpha value is -3.39. The van der Waals surface area contributed by atoms with Crippen LogP contribution in [0.5, 0.6) is 0 Å². The molecule has 1 atom stereocenters. The molecular weight excluding hydrogens is 396 g/mol. The van der Waals surface area contributed by atoms with Crippen LogP contribution in [0.15, 0.2) is 57.7 Å². The normalized spacial score (nSPS) is 15.7. The summed E-state index contributed by atoms with van der Waals surface area (Å²) in [7, 11) is 2.05. The van der Waals surface area contributed by atoms with E-state index in [1.165, 1.54) is 4.57 Å². The number of piperazine rings is 1. The highest BCUT2D eigenvalue weighted by molar-refractivity contribution is 5.94. The van der Waals surface area contributed by atoms with E-state index in [0.29, 0.717) is 23.2 Å². The number of rotatable bonds is 5. The summed E-state index contributed by atoms with van der Waals surface area (Å²) >= 11 is 0. The Kier molecular flexibility index (Phi) is 5.90. The third-order valence-electron chi connectivity index (χ3n) is 5.74. The van der Waals surface area contributed by atoms with Gasteiger partial charge in [0.25, 0.3) is 5.91 Å². The molecule has 1 aliphatic heterocycles. The van der Waals surface area contributed by atoms with Crippen molar-refractivity contribution < 1.29 is 14.0 Å². The smallest absolute Gasteiger partial charge is 0.408 e. The highest BCUT2D eigenvalue weighted by atomic mass is 16.4. The maximum Gasteiger partial charge on any atom is 0.420 e. The monoisotopic (exact) mass is 422 g/mol. The lowest BCUT2D eigenvalue weighted by Gasteiger charge is -2.32. The maximum absolute atomic E-state index is 12.6. The van der Waals surface area contributed by atoms with Gasteiger partial charge in [0.2, 0.25) is 5.91 Å². The first-order valence-corrected chi connectivity index (χ1v) is 10.4. The number of hydrogen-bond acceptors (Lipinski definition) is 5. The molecule has 8 nitrogen and oxygen atoms in total. The van der Waals surface area contributed by atoms with Crippen molar-refractivity contribution in [1.29, 1.82) is 0 Å². The Bertz CT molecular complexity index is 1140. The van der Waals surface area contributed by atoms with E-state index in [-0.39, 0.29) is 11.8 Å². The molecule has 8 heteroatoms. The van der Waals surface area contributed by atoms with Crippen molar-refractivity contribution in [3.8, 4) is 0 Å². The van der Waals surface area contributed by atoms with Gasteiger partial charge < -0.3 is 19.5 Å². The molecular formula is C23H26N4O4. The lowest BCUT2D eigenvalue weighted by molar-refractivity contribution is -0.124. The largest absolute Gasteiger partial charge is 0.420 e. The Morgan fingerprint density at radius 1 is 1.03 bits per heavy atom. The van der Waals surface area contributed by atoms with Gasteiger partial charge in [-0.3, -0.25) is 14.2 Å². The van der Waals surface area contributed by atoms with Gasteiger partial charge in [-0.2, -0.15) is 0 Å². The molecule has 1 N–H and O–H groups in total. The van der Waals surface area contributed by atoms with Crippen LogP contribution in [0.1, 0.15) is 28.9 Å². The topological polar surface area (TPSA) is 87.8 Å². The number of nitrogens with one attached hydrogen (secondary N) is 1. The van der Waals surface area contributed by atoms with Gasteiger partial charge in [0.15, 0.2) is 5.58 Å². The molecule has 0 spiro atoms. The minimum Gasteiger partial charge on any atom is -0.408 e. The Morgan fingerprint density at radius 3 is 2.42 bits per heavy atom. The van der Waals surface area contributed by atoms with Gasteiger partial charge in [-0.1, -0.05) is 24.3 Å². The second-order valence-corrected chi connectivity index (χ2v) is 7.89. The van der Waals surface area contributed by atoms with Crippen molar-refractivity contribution >= 4 is 22.9 Å². The molecule has 2 amide bonds. The number of amides is 2. The molecule has 1 aromatic heterocycles. The van der Waals surface area contributed by atoms with Crippen LogP contribution in [-0.2, 0) is 11.3 Å². The minimum atomic E-state index is -0.714. The van der Waals surface area contributed by atoms with E-state index >= 15 is 0 Å². The van der Waals surface area contributed by atoms with Crippen LogP contribution in [-0.4, -0.2) is 59.4 Å². The fourth-order valence-corrected chi connectivity index (χ4v) is 3.76. The highest BCUT2D eigenvalue weighted by Gasteiger charge is 2.22. The van der Waals surface area contributed by atoms with Crippen LogP contribution in [0.4, 0.5) is 0 Å². The number of para-hydroxylation sites is 2. The standard InChI is InChI=1S/C23H26N4O4/c1-16(27-19-5-3-4-6-20(19)31-23(27)30)21(28)24-15-17-7-9-18(10-8-17)22(29)26-13-11-25(2)12-14-26/h3-10,16H,11-15H2,1-2H3,(H,24,28). The maximum atomic E-state index is 12.6. The average molecular weight is 422 g/mol. The number of carbonyl (C=O) groups excluding carboxylic acids is 2. The molecule has 4 rings (SSSR count). The number of oxazole rings is 1. The van der Waals surface area contributed by atoms with Crippen molar-refractivity contribution in [1.82, 2.24) is 19.7 Å². The van der Waals surface area contributed by atoms with Gasteiger partial charge in [0.05, 0.1) is 5.52 Å². The Balaban J connectivity index is 1.37. The first-order valence-electron chi connectivity index (χ1n) is 10.4. The van der Waals surface area contributed by atoms with Crippen molar-refractivity contribution in [2.24, 2.45) is 0 Å². The van der Waals surface area contributed by atoms with Crippen molar-refractivity contribution in [2.45, 2.75) is 19.5 Å². The second-order valence-electron chi connectivity index (χ2n) is 7.89. The van der Waals surface area contributed by atoms with Gasteiger partial charge in [-0.15, -0.1) is 0 Å². The average Bonchev–Trinajstić information content (AvgIpc) is 3.13. The number of likely N-dealkylation sites (N-methyl/N-ethyl adjacent to an activating group) is 1. The second kappa shape index (κ2) is 8.77. The van der Waals surface area contributed by atoms with Gasteiger partial charge in [-0.25, -0.2) is 4.79 Å². The number of hydrogen-bond donors (Lipinski definition) is 1. The molecule has 162 valence electrons. The van der Waals surface area contributed by atoms with Gasteiger partial charge in [-0.05, 0) is 43.8 Å². The number of carbonyl (C=O) groups is 2. The van der Waals surface area contributed by atoms with Crippen LogP contribution in [0, 0.1) is 0 Å². The van der Waals surface area contributed by atoms with Gasteiger partial charge in [0, 0.05) is 38.3 Å². The molecule has 2 aromatic carbocycles. The quantitative estimate of drug-likeness (QED) is 0.678. The fraction of sp³-hybridized carbons (Fsp3) is 0.348. The molecule has 1 aliphatic rings. The third-order valence-corrected chi connectivity index (χ3v) is 5.74. The molecule has 1 fully saturated rings. The van der Waals surface area contributed by atoms with Gasteiger partial charge in [0.1, 0.15) is 6.04 Å². The molecule has 2 heterocycles. The molecule has 1 unspecified atom stereocenters. The Morgan fingerprint density at radius 2 is 1.71 bits per heavy atom. The first-order chi connectivity index (χ1) is 14.9. The van der Waals surface area contributed by atoms with Crippen LogP contribution >= 0.6 is 0 Å². The summed E-state index contributed by atoms with van der Waals surface area (Å²) in [5, 5.41) is 2.85. The van der Waals surface area contributed by atoms with E-state index in [2.05, 4.69) is 17.3 Å². The molecule has 0 saturated carbocycles. The van der Waals surface area contributed by atoms with E-state index in [1.807, 2.05) is 17.0 Å². The van der Waals surface area contributed by atoms with Crippen LogP contribution in [0.2, 0.25) is 0 Å². The Labute approximate surface area is 180 Å². The summed E-state index contributed by atoms with van der Waals surface area (Å²) in [6.07, 6.45) is 0. The molecule has 1 saturated heterocycles. The lowest BCUT2D eigenvalue weighted by Crippen LogP contribution is -2.47. The third kappa shape index (κ3) is 4.39. The summed E-state index contributed by atoms with van der Waals surface area (Å²) in [6.45, 7) is 5.18. The summed E-state index contributed by atoms with van der Waals surface area (Å²) in [6, 6.07) is 13.6. The zero-order chi connectivity index (χ0) is 22.0. The van der Waals surface area contributed by atoms with E-state index in [9.17, 15) is 14.4 Å². The predicted molar refractivity (Wildman–Crippen MR) is 117 cm³/mol. The van der Waals surface area contributed by atoms with E-state index < -0.39 is 11.8 Å². The molecule has 0 bridgehead atoms. The highest BCUT2D eigenvalue weighted by Crippen LogP contribution is 2.17. The number of benzene rings is 2. The first kappa shape index (κ1) is 20.9. The number of fused-ring (bicyclic) bond motifs is 1. The lowest BCUT2D eigenvalue weighted by atomic mass is 10.1. The predicted octanol–water partition coefficient (Wildman–Crippen LogP) is 1.86. The summed E-state index contributed by atoms with van der Waals surface area (Å²) in [5.74, 6) is -0.814. The van der Waals surface area contributed by atoms with Crippen LogP contribution in [0.25, 0.3) is 11.1 Å². The van der Waals surface area contributed by atoms with Crippen LogP contribution < -0.4 is 11.1 Å². The van der Waals surface area contributed by atoms with Crippen molar-refractivity contribution in [3.05, 3.63) is 70.2 Å². The minimum absolute atomic E-state index is 0.0310. The van der Waals surface area contributed by atoms with Crippen molar-refractivity contribution in [3.63, 3.8) is 0 Å². The van der Waals surface area contributed by atoms with Crippen molar-refractivity contribution in [2.75, 3.05) is 33.2 Å². The number of nitrogens with zero attached hydrogens (tertiary/aromatic N) is 3. The summed E-state index contributed by atoms with van der Waals surface area (Å²) < 4.78 is 6.56.